The van der Waals surface area contributed by atoms with E-state index in [4.69, 9.17) is 16.6 Å². The molecule has 0 spiro atoms. The molecule has 0 saturated carbocycles. The highest BCUT2D eigenvalue weighted by Gasteiger charge is 2.39. The number of nitrogens with one attached hydrogen (secondary N) is 3. The van der Waals surface area contributed by atoms with Crippen LogP contribution in [0.5, 0.6) is 0 Å². The molecule has 1 unspecified atom stereocenters. The Kier molecular flexibility index (Phi) is 7.96. The van der Waals surface area contributed by atoms with E-state index in [1.54, 1.807) is 12.1 Å². The molecular formula is C26H26FN5OS. The highest BCUT2D eigenvalue weighted by Crippen LogP contribution is 2.43. The van der Waals surface area contributed by atoms with Crippen molar-refractivity contribution in [2.75, 3.05) is 5.32 Å². The summed E-state index contributed by atoms with van der Waals surface area (Å²) in [6.07, 6.45) is 1.24. The van der Waals surface area contributed by atoms with Crippen molar-refractivity contribution in [3.63, 3.8) is 0 Å². The van der Waals surface area contributed by atoms with Gasteiger partial charge < -0.3 is 21.9 Å². The van der Waals surface area contributed by atoms with Gasteiger partial charge in [0.05, 0.1) is 11.0 Å². The maximum atomic E-state index is 13.3. The fourth-order valence-corrected chi connectivity index (χ4v) is 4.06. The van der Waals surface area contributed by atoms with Crippen molar-refractivity contribution in [1.82, 2.24) is 0 Å². The zero-order valence-electron chi connectivity index (χ0n) is 18.9. The van der Waals surface area contributed by atoms with Crippen molar-refractivity contribution in [1.29, 1.82) is 10.8 Å². The lowest BCUT2D eigenvalue weighted by atomic mass is 9.70. The number of benzene rings is 3. The normalized spacial score (nSPS) is 12.6. The molecule has 0 heterocycles. The highest BCUT2D eigenvalue weighted by atomic mass is 32.2. The minimum absolute atomic E-state index is 0.0129. The molecule has 34 heavy (non-hydrogen) atoms. The number of carbonyl (C=O) groups is 1. The number of halogens is 1. The van der Waals surface area contributed by atoms with Crippen LogP contribution in [0, 0.1) is 22.1 Å². The summed E-state index contributed by atoms with van der Waals surface area (Å²) in [5, 5.41) is 18.3. The van der Waals surface area contributed by atoms with Crippen molar-refractivity contribution >= 4 is 46.0 Å². The zero-order valence-corrected chi connectivity index (χ0v) is 19.7. The minimum Gasteiger partial charge on any atom is -0.378 e. The number of nitrogens with two attached hydrogens (primary N) is 1. The lowest BCUT2D eigenvalue weighted by Gasteiger charge is -2.33. The summed E-state index contributed by atoms with van der Waals surface area (Å²) in [7, 11) is 0. The van der Waals surface area contributed by atoms with Gasteiger partial charge in [-0.1, -0.05) is 50.2 Å². The third-order valence-electron chi connectivity index (χ3n) is 5.48. The summed E-state index contributed by atoms with van der Waals surface area (Å²) >= 11 is 0.876. The van der Waals surface area contributed by atoms with Gasteiger partial charge in [0.2, 0.25) is 0 Å². The Morgan fingerprint density at radius 2 is 1.74 bits per heavy atom. The summed E-state index contributed by atoms with van der Waals surface area (Å²) in [6.45, 7) is 3.63. The van der Waals surface area contributed by atoms with E-state index in [1.165, 1.54) is 18.3 Å². The van der Waals surface area contributed by atoms with Crippen molar-refractivity contribution < 1.29 is 9.18 Å². The predicted octanol–water partition coefficient (Wildman–Crippen LogP) is 5.91. The average Bonchev–Trinajstić information content (AvgIpc) is 2.82. The molecule has 0 fully saturated rings. The molecule has 174 valence electrons. The van der Waals surface area contributed by atoms with E-state index in [2.05, 4.69) is 10.3 Å². The van der Waals surface area contributed by atoms with Gasteiger partial charge in [0.25, 0.3) is 5.91 Å². The van der Waals surface area contributed by atoms with Crippen LogP contribution < -0.4 is 11.1 Å². The van der Waals surface area contributed by atoms with E-state index in [1.807, 2.05) is 62.4 Å². The third-order valence-corrected chi connectivity index (χ3v) is 5.94. The lowest BCUT2D eigenvalue weighted by molar-refractivity contribution is -0.126. The largest absolute Gasteiger partial charge is 0.378 e. The number of amidine groups is 1. The van der Waals surface area contributed by atoms with Crippen LogP contribution >= 0.6 is 11.8 Å². The van der Waals surface area contributed by atoms with Gasteiger partial charge in [0.15, 0.2) is 5.17 Å². The first-order valence-corrected chi connectivity index (χ1v) is 11.4. The Morgan fingerprint density at radius 1 is 1.06 bits per heavy atom. The number of aliphatic imine (C=N–C) groups is 1. The minimum atomic E-state index is -0.972. The molecule has 6 nitrogen and oxygen atoms in total. The summed E-state index contributed by atoms with van der Waals surface area (Å²) in [4.78, 5) is 17.2. The second-order valence-electron chi connectivity index (χ2n) is 8.18. The molecule has 5 N–H and O–H groups in total. The first-order valence-electron chi connectivity index (χ1n) is 10.5. The van der Waals surface area contributed by atoms with Crippen LogP contribution in [0.25, 0.3) is 0 Å². The van der Waals surface area contributed by atoms with E-state index in [-0.39, 0.29) is 16.9 Å². The SMILES string of the molecule is CC(C)(C(=O)N=C(N)SC=N)C(c1ccccc1)c1ccc(Nc2ccc(F)cc2)c(C=N)c1. The molecule has 8 heteroatoms. The van der Waals surface area contributed by atoms with E-state index in [0.717, 1.165) is 28.4 Å². The quantitative estimate of drug-likeness (QED) is 0.239. The van der Waals surface area contributed by atoms with E-state index < -0.39 is 11.3 Å². The zero-order chi connectivity index (χ0) is 24.7. The monoisotopic (exact) mass is 475 g/mol. The second kappa shape index (κ2) is 10.9. The maximum Gasteiger partial charge on any atom is 0.254 e. The molecule has 0 aliphatic heterocycles. The van der Waals surface area contributed by atoms with Crippen LogP contribution in [0.1, 0.15) is 36.5 Å². The number of nitrogens with zero attached hydrogens (tertiary/aromatic N) is 1. The second-order valence-corrected chi connectivity index (χ2v) is 9.07. The van der Waals surface area contributed by atoms with Gasteiger partial charge in [0.1, 0.15) is 5.82 Å². The van der Waals surface area contributed by atoms with Gasteiger partial charge in [-0.2, -0.15) is 4.99 Å². The molecule has 1 atom stereocenters. The Balaban J connectivity index is 2.05. The van der Waals surface area contributed by atoms with Crippen LogP contribution in [0.4, 0.5) is 15.8 Å². The van der Waals surface area contributed by atoms with Gasteiger partial charge in [-0.3, -0.25) is 4.79 Å². The summed E-state index contributed by atoms with van der Waals surface area (Å²) < 4.78 is 13.3. The first kappa shape index (κ1) is 24.9. The Hall–Kier alpha value is -3.78. The fraction of sp³-hybridized carbons (Fsp3) is 0.154. The molecule has 0 saturated heterocycles. The Morgan fingerprint density at radius 3 is 2.35 bits per heavy atom. The molecule has 0 bridgehead atoms. The van der Waals surface area contributed by atoms with Crippen molar-refractivity contribution in [3.05, 3.63) is 95.3 Å². The van der Waals surface area contributed by atoms with Crippen LogP contribution in [-0.2, 0) is 4.79 Å². The van der Waals surface area contributed by atoms with Gasteiger partial charge in [-0.15, -0.1) is 0 Å². The van der Waals surface area contributed by atoms with Crippen LogP contribution in [0.2, 0.25) is 0 Å². The van der Waals surface area contributed by atoms with Crippen LogP contribution in [0.3, 0.4) is 0 Å². The van der Waals surface area contributed by atoms with Gasteiger partial charge in [-0.05, 0) is 59.3 Å². The summed E-state index contributed by atoms with van der Waals surface area (Å²) in [5.41, 5.74) is 9.59. The topological polar surface area (TPSA) is 115 Å². The molecule has 1 amide bonds. The van der Waals surface area contributed by atoms with Crippen LogP contribution in [-0.4, -0.2) is 22.8 Å². The molecule has 3 aromatic rings. The molecule has 3 rings (SSSR count). The number of rotatable bonds is 8. The molecule has 0 aliphatic carbocycles. The van der Waals surface area contributed by atoms with Gasteiger partial charge >= 0.3 is 0 Å². The molecule has 0 aliphatic rings. The van der Waals surface area contributed by atoms with Crippen LogP contribution in [0.15, 0.2) is 77.8 Å². The molecule has 3 aromatic carbocycles. The molecule has 0 aromatic heterocycles. The van der Waals surface area contributed by atoms with E-state index >= 15 is 0 Å². The third kappa shape index (κ3) is 5.77. The van der Waals surface area contributed by atoms with E-state index in [0.29, 0.717) is 16.9 Å². The number of hydrogen-bond acceptors (Lipinski definition) is 5. The smallest absolute Gasteiger partial charge is 0.254 e. The maximum absolute atomic E-state index is 13.3. The average molecular weight is 476 g/mol. The summed E-state index contributed by atoms with van der Waals surface area (Å²) in [5.74, 6) is -1.10. The predicted molar refractivity (Wildman–Crippen MR) is 139 cm³/mol. The first-order chi connectivity index (χ1) is 16.3. The molecule has 0 radical (unpaired) electrons. The number of thioether (sulfide) groups is 1. The number of hydrogen-bond donors (Lipinski definition) is 4. The van der Waals surface area contributed by atoms with Gasteiger partial charge in [0, 0.05) is 29.1 Å². The standard InChI is InChI=1S/C26H26FN5OS/c1-26(2,24(33)32-25(30)34-16-29)23(17-6-4-3-5-7-17)18-8-13-22(19(14-18)15-28)31-21-11-9-20(27)10-12-21/h3-16,23,28-29,31H,1-2H3,(H2,30,32,33). The van der Waals surface area contributed by atoms with Crippen molar-refractivity contribution in [3.8, 4) is 0 Å². The van der Waals surface area contributed by atoms with Crippen molar-refractivity contribution in [2.24, 2.45) is 16.1 Å². The van der Waals surface area contributed by atoms with E-state index in [9.17, 15) is 9.18 Å². The Labute approximate surface area is 202 Å². The number of anilines is 2. The highest BCUT2D eigenvalue weighted by molar-refractivity contribution is 8.24. The fourth-order valence-electron chi connectivity index (χ4n) is 3.81. The van der Waals surface area contributed by atoms with Gasteiger partial charge in [-0.25, -0.2) is 4.39 Å². The Bertz CT molecular complexity index is 1210. The summed E-state index contributed by atoms with van der Waals surface area (Å²) in [6, 6.07) is 21.2. The number of carbonyl (C=O) groups excluding carboxylic acids is 1. The lowest BCUT2D eigenvalue weighted by Crippen LogP contribution is -2.32. The number of amides is 1. The molecular weight excluding hydrogens is 449 g/mol. The van der Waals surface area contributed by atoms with Crippen molar-refractivity contribution in [2.45, 2.75) is 19.8 Å².